The van der Waals surface area contributed by atoms with Crippen molar-refractivity contribution in [3.8, 4) is 11.1 Å². The SMILES string of the molecule is O=C(CC(NC(=O)OCC1c2ccccc2-c2ccccc21)C(F)F)NC[C@H]1CCO[C@H]1C(=O)O. The number of halogens is 2. The quantitative estimate of drug-likeness (QED) is 0.500. The molecule has 186 valence electrons. The highest BCUT2D eigenvalue weighted by molar-refractivity contribution is 5.80. The largest absolute Gasteiger partial charge is 0.479 e. The molecule has 0 saturated carbocycles. The van der Waals surface area contributed by atoms with Gasteiger partial charge in [0, 0.05) is 25.0 Å². The lowest BCUT2D eigenvalue weighted by molar-refractivity contribution is -0.149. The van der Waals surface area contributed by atoms with Gasteiger partial charge < -0.3 is 25.2 Å². The van der Waals surface area contributed by atoms with Crippen LogP contribution in [0.3, 0.4) is 0 Å². The minimum absolute atomic E-state index is 0.0172. The number of aliphatic carboxylic acids is 1. The van der Waals surface area contributed by atoms with Crippen molar-refractivity contribution in [2.45, 2.75) is 37.3 Å². The number of alkyl halides is 2. The first-order valence-electron chi connectivity index (χ1n) is 11.4. The van der Waals surface area contributed by atoms with Gasteiger partial charge in [-0.1, -0.05) is 48.5 Å². The van der Waals surface area contributed by atoms with E-state index in [0.717, 1.165) is 22.3 Å². The molecule has 0 radical (unpaired) electrons. The molecule has 35 heavy (non-hydrogen) atoms. The van der Waals surface area contributed by atoms with E-state index in [2.05, 4.69) is 10.6 Å². The summed E-state index contributed by atoms with van der Waals surface area (Å²) in [5, 5.41) is 13.6. The third-order valence-corrected chi connectivity index (χ3v) is 6.38. The van der Waals surface area contributed by atoms with Crippen LogP contribution in [0.5, 0.6) is 0 Å². The van der Waals surface area contributed by atoms with Crippen LogP contribution < -0.4 is 10.6 Å². The van der Waals surface area contributed by atoms with Crippen LogP contribution in [0.1, 0.15) is 29.9 Å². The van der Waals surface area contributed by atoms with E-state index in [1.807, 2.05) is 48.5 Å². The molecule has 2 amide bonds. The Morgan fingerprint density at radius 1 is 1.06 bits per heavy atom. The van der Waals surface area contributed by atoms with Crippen molar-refractivity contribution in [3.05, 3.63) is 59.7 Å². The van der Waals surface area contributed by atoms with Gasteiger partial charge in [-0.25, -0.2) is 18.4 Å². The van der Waals surface area contributed by atoms with Crippen molar-refractivity contribution in [2.24, 2.45) is 5.92 Å². The van der Waals surface area contributed by atoms with Gasteiger partial charge in [-0.2, -0.15) is 0 Å². The number of amides is 2. The molecule has 3 N–H and O–H groups in total. The molecule has 8 nitrogen and oxygen atoms in total. The number of carbonyl (C=O) groups is 3. The first-order valence-corrected chi connectivity index (χ1v) is 11.4. The van der Waals surface area contributed by atoms with E-state index in [1.54, 1.807) is 0 Å². The number of ether oxygens (including phenoxy) is 2. The normalized spacial score (nSPS) is 19.6. The number of rotatable bonds is 9. The number of carboxylic acids is 1. The molecule has 1 heterocycles. The average molecular weight is 488 g/mol. The molecule has 0 bridgehead atoms. The van der Waals surface area contributed by atoms with Crippen LogP contribution in [0.4, 0.5) is 13.6 Å². The topological polar surface area (TPSA) is 114 Å². The molecule has 3 atom stereocenters. The fraction of sp³-hybridized carbons (Fsp3) is 0.400. The van der Waals surface area contributed by atoms with E-state index < -0.39 is 48.9 Å². The van der Waals surface area contributed by atoms with E-state index >= 15 is 0 Å². The van der Waals surface area contributed by atoms with E-state index in [9.17, 15) is 23.2 Å². The monoisotopic (exact) mass is 488 g/mol. The number of carbonyl (C=O) groups excluding carboxylic acids is 2. The number of benzene rings is 2. The summed E-state index contributed by atoms with van der Waals surface area (Å²) in [7, 11) is 0. The first-order chi connectivity index (χ1) is 16.8. The number of fused-ring (bicyclic) bond motifs is 3. The van der Waals surface area contributed by atoms with Gasteiger partial charge in [0.2, 0.25) is 5.91 Å². The third kappa shape index (κ3) is 5.59. The smallest absolute Gasteiger partial charge is 0.407 e. The summed E-state index contributed by atoms with van der Waals surface area (Å²) in [6, 6.07) is 13.7. The fourth-order valence-corrected chi connectivity index (χ4v) is 4.63. The van der Waals surface area contributed by atoms with Crippen molar-refractivity contribution in [1.29, 1.82) is 0 Å². The van der Waals surface area contributed by atoms with Gasteiger partial charge in [0.05, 0.1) is 6.42 Å². The Labute approximate surface area is 200 Å². The van der Waals surface area contributed by atoms with Crippen molar-refractivity contribution in [3.63, 3.8) is 0 Å². The number of hydrogen-bond acceptors (Lipinski definition) is 5. The second-order valence-corrected chi connectivity index (χ2v) is 8.60. The molecule has 0 spiro atoms. The minimum atomic E-state index is -3.00. The van der Waals surface area contributed by atoms with Gasteiger partial charge in [0.15, 0.2) is 6.10 Å². The van der Waals surface area contributed by atoms with Crippen LogP contribution in [-0.2, 0) is 19.1 Å². The van der Waals surface area contributed by atoms with E-state index in [0.29, 0.717) is 6.42 Å². The maximum Gasteiger partial charge on any atom is 0.407 e. The molecule has 1 fully saturated rings. The van der Waals surface area contributed by atoms with Gasteiger partial charge in [-0.3, -0.25) is 4.79 Å². The predicted octanol–water partition coefficient (Wildman–Crippen LogP) is 3.15. The Hall–Kier alpha value is -3.53. The zero-order valence-electron chi connectivity index (χ0n) is 18.8. The lowest BCUT2D eigenvalue weighted by atomic mass is 9.98. The first kappa shape index (κ1) is 24.6. The van der Waals surface area contributed by atoms with E-state index in [1.165, 1.54) is 0 Å². The molecule has 10 heteroatoms. The summed E-state index contributed by atoms with van der Waals surface area (Å²) in [6.45, 7) is 0.192. The molecule has 1 aliphatic heterocycles. The van der Waals surface area contributed by atoms with E-state index in [-0.39, 0.29) is 25.7 Å². The van der Waals surface area contributed by atoms with Crippen LogP contribution in [0, 0.1) is 5.92 Å². The van der Waals surface area contributed by atoms with Gasteiger partial charge in [-0.15, -0.1) is 0 Å². The average Bonchev–Trinajstić information content (AvgIpc) is 3.44. The highest BCUT2D eigenvalue weighted by Crippen LogP contribution is 2.44. The Bertz CT molecular complexity index is 1050. The maximum atomic E-state index is 13.5. The highest BCUT2D eigenvalue weighted by Gasteiger charge is 2.35. The molecule has 2 aromatic rings. The standard InChI is InChI=1S/C25H26F2N2O6/c26-23(27)20(11-21(30)28-12-14-9-10-34-22(14)24(31)32)29-25(33)35-13-19-17-7-3-1-5-15(17)16-6-2-4-8-18(16)19/h1-8,14,19-20,22-23H,9-13H2,(H,28,30)(H,29,33)(H,31,32)/t14-,20?,22-/m1/s1. The third-order valence-electron chi connectivity index (χ3n) is 6.38. The van der Waals surface area contributed by atoms with Crippen molar-refractivity contribution >= 4 is 18.0 Å². The molecular weight excluding hydrogens is 462 g/mol. The summed E-state index contributed by atoms with van der Waals surface area (Å²) < 4.78 is 37.4. The zero-order valence-corrected chi connectivity index (χ0v) is 18.8. The van der Waals surface area contributed by atoms with Crippen molar-refractivity contribution < 1.29 is 37.7 Å². The number of hydrogen-bond donors (Lipinski definition) is 3. The predicted molar refractivity (Wildman–Crippen MR) is 121 cm³/mol. The van der Waals surface area contributed by atoms with Crippen molar-refractivity contribution in [2.75, 3.05) is 19.8 Å². The Morgan fingerprint density at radius 3 is 2.29 bits per heavy atom. The zero-order chi connectivity index (χ0) is 24.9. The minimum Gasteiger partial charge on any atom is -0.479 e. The van der Waals surface area contributed by atoms with Crippen LogP contribution in [0.25, 0.3) is 11.1 Å². The number of carboxylic acid groups (broad SMARTS) is 1. The summed E-state index contributed by atoms with van der Waals surface area (Å²) in [5.74, 6) is -2.54. The fourth-order valence-electron chi connectivity index (χ4n) is 4.63. The van der Waals surface area contributed by atoms with Crippen LogP contribution in [0.2, 0.25) is 0 Å². The summed E-state index contributed by atoms with van der Waals surface area (Å²) in [5.41, 5.74) is 4.05. The molecule has 4 rings (SSSR count). The molecular formula is C25H26F2N2O6. The number of nitrogens with one attached hydrogen (secondary N) is 2. The second kappa shape index (κ2) is 10.8. The van der Waals surface area contributed by atoms with Gasteiger partial charge in [0.25, 0.3) is 6.43 Å². The molecule has 2 aliphatic rings. The van der Waals surface area contributed by atoms with Crippen LogP contribution in [-0.4, -0.2) is 61.4 Å². The summed E-state index contributed by atoms with van der Waals surface area (Å²) >= 11 is 0. The Balaban J connectivity index is 1.30. The highest BCUT2D eigenvalue weighted by atomic mass is 19.3. The van der Waals surface area contributed by atoms with Crippen LogP contribution >= 0.6 is 0 Å². The Kier molecular flexibility index (Phi) is 7.60. The molecule has 0 aromatic heterocycles. The van der Waals surface area contributed by atoms with Gasteiger partial charge in [-0.05, 0) is 28.7 Å². The lowest BCUT2D eigenvalue weighted by Gasteiger charge is -2.20. The molecule has 2 aromatic carbocycles. The summed E-state index contributed by atoms with van der Waals surface area (Å²) in [4.78, 5) is 35.7. The van der Waals surface area contributed by atoms with Crippen molar-refractivity contribution in [1.82, 2.24) is 10.6 Å². The summed E-state index contributed by atoms with van der Waals surface area (Å²) in [6.07, 6.45) is -5.32. The number of alkyl carbamates (subject to hydrolysis) is 1. The maximum absolute atomic E-state index is 13.5. The molecule has 1 aliphatic carbocycles. The van der Waals surface area contributed by atoms with Crippen LogP contribution in [0.15, 0.2) is 48.5 Å². The van der Waals surface area contributed by atoms with E-state index in [4.69, 9.17) is 14.6 Å². The molecule has 1 saturated heterocycles. The Morgan fingerprint density at radius 2 is 1.69 bits per heavy atom. The van der Waals surface area contributed by atoms with Gasteiger partial charge >= 0.3 is 12.1 Å². The molecule has 1 unspecified atom stereocenters. The van der Waals surface area contributed by atoms with Gasteiger partial charge in [0.1, 0.15) is 12.6 Å². The second-order valence-electron chi connectivity index (χ2n) is 8.60. The lowest BCUT2D eigenvalue weighted by Crippen LogP contribution is -2.45.